The first-order chi connectivity index (χ1) is 12.3. The predicted molar refractivity (Wildman–Crippen MR) is 115 cm³/mol. The summed E-state index contributed by atoms with van der Waals surface area (Å²) in [6, 6.07) is 8.42. The molecule has 1 aromatic heterocycles. The maximum absolute atomic E-state index is 5.41. The van der Waals surface area contributed by atoms with Crippen LogP contribution >= 0.6 is 24.0 Å². The second kappa shape index (κ2) is 12.6. The number of rotatable bonds is 9. The van der Waals surface area contributed by atoms with E-state index < -0.39 is 0 Å². The summed E-state index contributed by atoms with van der Waals surface area (Å²) in [6.07, 6.45) is 2.65. The quantitative estimate of drug-likeness (QED) is 0.333. The summed E-state index contributed by atoms with van der Waals surface area (Å²) < 4.78 is 7.46. The molecule has 2 aromatic rings. The molecule has 0 fully saturated rings. The predicted octanol–water partition coefficient (Wildman–Crippen LogP) is 2.36. The highest BCUT2D eigenvalue weighted by molar-refractivity contribution is 14.0. The Kier molecular flexibility index (Phi) is 10.9. The second-order valence-corrected chi connectivity index (χ2v) is 5.60. The van der Waals surface area contributed by atoms with Gasteiger partial charge in [-0.3, -0.25) is 4.99 Å². The van der Waals surface area contributed by atoms with Crippen molar-refractivity contribution in [2.24, 2.45) is 4.99 Å². The molecule has 0 saturated carbocycles. The van der Waals surface area contributed by atoms with Gasteiger partial charge in [0.25, 0.3) is 0 Å². The standard InChI is InChI=1S/C18H28N6O.HI/c1-4-17-23-22-14-24(17)11-10-20-18(19-3)21-12-15-6-8-16(9-7-15)13-25-5-2;/h6-9,14H,4-5,10-13H2,1-3H3,(H2,19,20,21);1H. The first kappa shape index (κ1) is 22.4. The molecule has 7 nitrogen and oxygen atoms in total. The maximum Gasteiger partial charge on any atom is 0.191 e. The number of aryl methyl sites for hydroxylation is 1. The molecular formula is C18H29IN6O. The van der Waals surface area contributed by atoms with Gasteiger partial charge in [-0.15, -0.1) is 34.2 Å². The van der Waals surface area contributed by atoms with Gasteiger partial charge in [0.1, 0.15) is 12.2 Å². The third kappa shape index (κ3) is 7.28. The van der Waals surface area contributed by atoms with Crippen molar-refractivity contribution in [2.75, 3.05) is 20.2 Å². The highest BCUT2D eigenvalue weighted by atomic mass is 127. The van der Waals surface area contributed by atoms with Crippen LogP contribution in [0.2, 0.25) is 0 Å². The zero-order valence-electron chi connectivity index (χ0n) is 15.7. The minimum absolute atomic E-state index is 0. The summed E-state index contributed by atoms with van der Waals surface area (Å²) >= 11 is 0. The number of ether oxygens (including phenoxy) is 1. The lowest BCUT2D eigenvalue weighted by Crippen LogP contribution is -2.38. The number of hydrogen-bond donors (Lipinski definition) is 2. The molecule has 0 aliphatic rings. The van der Waals surface area contributed by atoms with E-state index in [0.29, 0.717) is 6.61 Å². The molecule has 0 radical (unpaired) electrons. The molecule has 0 bridgehead atoms. The largest absolute Gasteiger partial charge is 0.377 e. The van der Waals surface area contributed by atoms with Gasteiger partial charge in [0.2, 0.25) is 0 Å². The Morgan fingerprint density at radius 3 is 2.54 bits per heavy atom. The van der Waals surface area contributed by atoms with Crippen LogP contribution in [0.3, 0.4) is 0 Å². The average Bonchev–Trinajstić information content (AvgIpc) is 3.11. The molecule has 2 rings (SSSR count). The fourth-order valence-electron chi connectivity index (χ4n) is 2.41. The number of aromatic nitrogens is 3. The number of halogens is 1. The van der Waals surface area contributed by atoms with E-state index in [2.05, 4.69) is 61.6 Å². The lowest BCUT2D eigenvalue weighted by molar-refractivity contribution is 0.134. The van der Waals surface area contributed by atoms with Crippen molar-refractivity contribution >= 4 is 29.9 Å². The number of nitrogens with one attached hydrogen (secondary N) is 2. The fourth-order valence-corrected chi connectivity index (χ4v) is 2.41. The Labute approximate surface area is 172 Å². The van der Waals surface area contributed by atoms with E-state index in [4.69, 9.17) is 4.74 Å². The van der Waals surface area contributed by atoms with Gasteiger partial charge in [-0.25, -0.2) is 0 Å². The van der Waals surface area contributed by atoms with Crippen molar-refractivity contribution in [3.05, 3.63) is 47.5 Å². The molecule has 0 aliphatic carbocycles. The zero-order chi connectivity index (χ0) is 17.9. The minimum Gasteiger partial charge on any atom is -0.377 e. The molecule has 0 amide bonds. The summed E-state index contributed by atoms with van der Waals surface area (Å²) in [7, 11) is 1.77. The zero-order valence-corrected chi connectivity index (χ0v) is 18.1. The molecule has 0 atom stereocenters. The van der Waals surface area contributed by atoms with Crippen molar-refractivity contribution < 1.29 is 4.74 Å². The molecule has 1 heterocycles. The molecule has 0 unspecified atom stereocenters. The van der Waals surface area contributed by atoms with Crippen molar-refractivity contribution in [3.8, 4) is 0 Å². The highest BCUT2D eigenvalue weighted by Gasteiger charge is 2.02. The Balaban J connectivity index is 0.00000338. The van der Waals surface area contributed by atoms with Gasteiger partial charge in [0, 0.05) is 39.7 Å². The normalized spacial score (nSPS) is 11.1. The Morgan fingerprint density at radius 1 is 1.15 bits per heavy atom. The van der Waals surface area contributed by atoms with Crippen molar-refractivity contribution in [1.82, 2.24) is 25.4 Å². The summed E-state index contributed by atoms with van der Waals surface area (Å²) in [5.74, 6) is 1.78. The van der Waals surface area contributed by atoms with Gasteiger partial charge in [-0.2, -0.15) is 0 Å². The highest BCUT2D eigenvalue weighted by Crippen LogP contribution is 2.05. The molecule has 1 aromatic carbocycles. The average molecular weight is 472 g/mol. The monoisotopic (exact) mass is 472 g/mol. The third-order valence-corrected chi connectivity index (χ3v) is 3.84. The third-order valence-electron chi connectivity index (χ3n) is 3.84. The first-order valence-electron chi connectivity index (χ1n) is 8.73. The van der Waals surface area contributed by atoms with Gasteiger partial charge in [-0.1, -0.05) is 31.2 Å². The smallest absolute Gasteiger partial charge is 0.191 e. The summed E-state index contributed by atoms with van der Waals surface area (Å²) in [6.45, 7) is 7.77. The molecular weight excluding hydrogens is 443 g/mol. The number of aliphatic imine (C=N–C) groups is 1. The van der Waals surface area contributed by atoms with Gasteiger partial charge in [-0.05, 0) is 18.1 Å². The van der Waals surface area contributed by atoms with Gasteiger partial charge in [0.15, 0.2) is 5.96 Å². The molecule has 0 aliphatic heterocycles. The number of hydrogen-bond acceptors (Lipinski definition) is 4. The van der Waals surface area contributed by atoms with Crippen LogP contribution in [0.15, 0.2) is 35.6 Å². The van der Waals surface area contributed by atoms with E-state index >= 15 is 0 Å². The van der Waals surface area contributed by atoms with Crippen LogP contribution in [0.1, 0.15) is 30.8 Å². The number of benzene rings is 1. The van der Waals surface area contributed by atoms with Crippen LogP contribution in [0.5, 0.6) is 0 Å². The van der Waals surface area contributed by atoms with E-state index in [-0.39, 0.29) is 24.0 Å². The lowest BCUT2D eigenvalue weighted by Gasteiger charge is -2.13. The van der Waals surface area contributed by atoms with Gasteiger partial charge >= 0.3 is 0 Å². The van der Waals surface area contributed by atoms with Crippen molar-refractivity contribution in [3.63, 3.8) is 0 Å². The summed E-state index contributed by atoms with van der Waals surface area (Å²) in [4.78, 5) is 4.26. The molecule has 0 spiro atoms. The molecule has 26 heavy (non-hydrogen) atoms. The van der Waals surface area contributed by atoms with Crippen LogP contribution in [-0.4, -0.2) is 40.9 Å². The van der Waals surface area contributed by atoms with Crippen molar-refractivity contribution in [1.29, 1.82) is 0 Å². The molecule has 2 N–H and O–H groups in total. The SMILES string of the molecule is CCOCc1ccc(CNC(=NC)NCCn2cnnc2CC)cc1.I. The van der Waals surface area contributed by atoms with Crippen LogP contribution in [0, 0.1) is 0 Å². The number of nitrogens with zero attached hydrogens (tertiary/aromatic N) is 4. The topological polar surface area (TPSA) is 76.4 Å². The Hall–Kier alpha value is -1.68. The van der Waals surface area contributed by atoms with Crippen LogP contribution < -0.4 is 10.6 Å². The molecule has 8 heteroatoms. The van der Waals surface area contributed by atoms with E-state index in [1.54, 1.807) is 13.4 Å². The fraction of sp³-hybridized carbons (Fsp3) is 0.500. The molecule has 144 valence electrons. The maximum atomic E-state index is 5.41. The summed E-state index contributed by atoms with van der Waals surface area (Å²) in [5.41, 5.74) is 2.39. The van der Waals surface area contributed by atoms with Crippen molar-refractivity contribution in [2.45, 2.75) is 40.0 Å². The Morgan fingerprint density at radius 2 is 1.88 bits per heavy atom. The number of guanidine groups is 1. The Bertz CT molecular complexity index is 656. The van der Waals surface area contributed by atoms with E-state index in [0.717, 1.165) is 44.4 Å². The minimum atomic E-state index is 0. The van der Waals surface area contributed by atoms with E-state index in [1.807, 2.05) is 6.92 Å². The first-order valence-corrected chi connectivity index (χ1v) is 8.73. The van der Waals surface area contributed by atoms with Crippen LogP contribution in [0.4, 0.5) is 0 Å². The van der Waals surface area contributed by atoms with Gasteiger partial charge in [0.05, 0.1) is 6.61 Å². The lowest BCUT2D eigenvalue weighted by atomic mass is 10.1. The second-order valence-electron chi connectivity index (χ2n) is 5.60. The summed E-state index contributed by atoms with van der Waals surface area (Å²) in [5, 5.41) is 14.7. The van der Waals surface area contributed by atoms with Gasteiger partial charge < -0.3 is 19.9 Å². The van der Waals surface area contributed by atoms with Crippen LogP contribution in [-0.2, 0) is 30.9 Å². The van der Waals surface area contributed by atoms with E-state index in [1.165, 1.54) is 11.1 Å². The van der Waals surface area contributed by atoms with E-state index in [9.17, 15) is 0 Å². The molecule has 0 saturated heterocycles. The van der Waals surface area contributed by atoms with Crippen LogP contribution in [0.25, 0.3) is 0 Å².